The van der Waals surface area contributed by atoms with Crippen molar-refractivity contribution in [2.75, 3.05) is 18.5 Å². The zero-order chi connectivity index (χ0) is 35.1. The van der Waals surface area contributed by atoms with Gasteiger partial charge in [-0.25, -0.2) is 23.6 Å². The smallest absolute Gasteiger partial charge is 0.410 e. The molecule has 2 amide bonds. The van der Waals surface area contributed by atoms with Crippen molar-refractivity contribution in [3.63, 3.8) is 0 Å². The second-order valence-electron chi connectivity index (χ2n) is 12.4. The van der Waals surface area contributed by atoms with Gasteiger partial charge in [0.25, 0.3) is 11.7 Å². The minimum atomic E-state index is -1.64. The molecule has 49 heavy (non-hydrogen) atoms. The van der Waals surface area contributed by atoms with Crippen molar-refractivity contribution in [3.8, 4) is 0 Å². The third-order valence-electron chi connectivity index (χ3n) is 8.18. The van der Waals surface area contributed by atoms with Gasteiger partial charge in [-0.3, -0.25) is 4.79 Å². The van der Waals surface area contributed by atoms with Crippen molar-refractivity contribution in [1.82, 2.24) is 25.4 Å². The summed E-state index contributed by atoms with van der Waals surface area (Å²) in [7, 11) is 1.75. The number of halogens is 1. The summed E-state index contributed by atoms with van der Waals surface area (Å²) in [6, 6.07) is 10.8. The van der Waals surface area contributed by atoms with Gasteiger partial charge in [0, 0.05) is 69.6 Å². The molecule has 1 aliphatic rings. The third-order valence-corrected chi connectivity index (χ3v) is 8.18. The zero-order valence-corrected chi connectivity index (χ0v) is 28.5. The van der Waals surface area contributed by atoms with E-state index in [-0.39, 0.29) is 36.2 Å². The quantitative estimate of drug-likeness (QED) is 0.116. The number of nitrogens with zero attached hydrogens (tertiary/aromatic N) is 3. The van der Waals surface area contributed by atoms with Crippen LogP contribution in [-0.4, -0.2) is 65.6 Å². The van der Waals surface area contributed by atoms with Gasteiger partial charge in [0.2, 0.25) is 0 Å². The highest BCUT2D eigenvalue weighted by Crippen LogP contribution is 2.31. The number of alkyl carbamates (subject to hydrolysis) is 1. The molecule has 0 spiro atoms. The van der Waals surface area contributed by atoms with E-state index in [1.807, 2.05) is 24.7 Å². The second-order valence-corrected chi connectivity index (χ2v) is 12.4. The number of benzene rings is 2. The fourth-order valence-electron chi connectivity index (χ4n) is 5.81. The first-order chi connectivity index (χ1) is 23.5. The molecule has 4 aromatic rings. The molecular weight excluding hydrogens is 630 g/mol. The molecule has 0 unspecified atom stereocenters. The highest BCUT2D eigenvalue weighted by Gasteiger charge is 2.29. The number of aryl methyl sites for hydroxylation is 2. The van der Waals surface area contributed by atoms with Gasteiger partial charge in [0.15, 0.2) is 5.65 Å². The standard InChI is InChI=1S/C35H42BFN6O6/c1-5-29-27(30(41-26-10-12-47-13-11-26)28-20-40-43(6-2)31(28)42-29)19-38-32(44)22-8-7-9-23(16-22)33(45)48-35(3,4)49-34(46)39-18-21-14-24(36)17-25(37)15-21/h7-9,14-17,20,26H,5-6,10-13,18-19,36H2,1-4H3,(H,38,44)(H,39,46)(H,41,42). The van der Waals surface area contributed by atoms with Crippen molar-refractivity contribution < 1.29 is 33.0 Å². The minimum absolute atomic E-state index is 0.0256. The van der Waals surface area contributed by atoms with Gasteiger partial charge >= 0.3 is 12.1 Å². The van der Waals surface area contributed by atoms with Gasteiger partial charge in [-0.05, 0) is 62.1 Å². The Morgan fingerprint density at radius 1 is 1.04 bits per heavy atom. The molecule has 0 atom stereocenters. The molecule has 1 saturated heterocycles. The highest BCUT2D eigenvalue weighted by molar-refractivity contribution is 6.32. The first-order valence-corrected chi connectivity index (χ1v) is 16.5. The topological polar surface area (TPSA) is 146 Å². The van der Waals surface area contributed by atoms with Crippen molar-refractivity contribution in [1.29, 1.82) is 0 Å². The number of nitrogens with one attached hydrogen (secondary N) is 3. The molecule has 12 nitrogen and oxygen atoms in total. The molecule has 0 saturated carbocycles. The zero-order valence-electron chi connectivity index (χ0n) is 28.5. The summed E-state index contributed by atoms with van der Waals surface area (Å²) in [5, 5.41) is 14.7. The van der Waals surface area contributed by atoms with E-state index in [1.165, 1.54) is 38.1 Å². The van der Waals surface area contributed by atoms with Gasteiger partial charge in [0.1, 0.15) is 13.7 Å². The Bertz CT molecular complexity index is 1820. The average Bonchev–Trinajstić information content (AvgIpc) is 3.49. The van der Waals surface area contributed by atoms with Gasteiger partial charge in [0.05, 0.1) is 22.8 Å². The van der Waals surface area contributed by atoms with Gasteiger partial charge in [-0.1, -0.05) is 24.5 Å². The number of carbonyl (C=O) groups is 3. The average molecular weight is 673 g/mol. The minimum Gasteiger partial charge on any atom is -0.419 e. The van der Waals surface area contributed by atoms with E-state index in [9.17, 15) is 18.8 Å². The monoisotopic (exact) mass is 672 g/mol. The number of carbonyl (C=O) groups excluding carboxylic acids is 3. The maximum absolute atomic E-state index is 13.7. The van der Waals surface area contributed by atoms with E-state index in [0.717, 1.165) is 40.8 Å². The maximum Gasteiger partial charge on any atom is 0.410 e. The second kappa shape index (κ2) is 15.5. The Hall–Kier alpha value is -4.98. The summed E-state index contributed by atoms with van der Waals surface area (Å²) in [6.07, 6.45) is 3.35. The third kappa shape index (κ3) is 8.93. The molecule has 2 aromatic carbocycles. The molecule has 1 aliphatic heterocycles. The van der Waals surface area contributed by atoms with E-state index in [4.69, 9.17) is 19.2 Å². The Balaban J connectivity index is 1.25. The molecule has 1 fully saturated rings. The molecule has 0 bridgehead atoms. The Morgan fingerprint density at radius 2 is 1.80 bits per heavy atom. The van der Waals surface area contributed by atoms with Crippen LogP contribution in [0.4, 0.5) is 14.9 Å². The number of rotatable bonds is 12. The molecule has 5 rings (SSSR count). The van der Waals surface area contributed by atoms with Crippen LogP contribution in [0.5, 0.6) is 0 Å². The summed E-state index contributed by atoms with van der Waals surface area (Å²) in [6.45, 7) is 9.14. The lowest BCUT2D eigenvalue weighted by Crippen LogP contribution is -2.38. The van der Waals surface area contributed by atoms with E-state index in [0.29, 0.717) is 37.2 Å². The number of hydrogen-bond donors (Lipinski definition) is 3. The van der Waals surface area contributed by atoms with E-state index in [2.05, 4.69) is 21.0 Å². The number of ether oxygens (including phenoxy) is 3. The molecule has 14 heteroatoms. The molecular formula is C35H42BFN6O6. The van der Waals surface area contributed by atoms with Gasteiger partial charge in [-0.15, -0.1) is 0 Å². The van der Waals surface area contributed by atoms with Crippen LogP contribution in [0.2, 0.25) is 0 Å². The number of fused-ring (bicyclic) bond motifs is 1. The van der Waals surface area contributed by atoms with E-state index in [1.54, 1.807) is 26.0 Å². The number of aromatic nitrogens is 3. The van der Waals surface area contributed by atoms with Crippen LogP contribution in [-0.2, 0) is 40.3 Å². The number of esters is 1. The van der Waals surface area contributed by atoms with Gasteiger partial charge in [-0.2, -0.15) is 5.10 Å². The van der Waals surface area contributed by atoms with Gasteiger partial charge < -0.3 is 30.2 Å². The van der Waals surface area contributed by atoms with Crippen LogP contribution in [0.1, 0.15) is 78.1 Å². The summed E-state index contributed by atoms with van der Waals surface area (Å²) in [5.41, 5.74) is 5.06. The van der Waals surface area contributed by atoms with Crippen LogP contribution in [0.3, 0.4) is 0 Å². The van der Waals surface area contributed by atoms with Crippen LogP contribution < -0.4 is 21.4 Å². The molecule has 3 N–H and O–H groups in total. The fourth-order valence-corrected chi connectivity index (χ4v) is 5.81. The largest absolute Gasteiger partial charge is 0.419 e. The first-order valence-electron chi connectivity index (χ1n) is 16.5. The Morgan fingerprint density at radius 3 is 2.51 bits per heavy atom. The Labute approximate surface area is 285 Å². The SMILES string of the molecule is Bc1cc(F)cc(CNC(=O)OC(C)(C)OC(=O)c2cccc(C(=O)NCc3c(CC)nc4c(cnn4CC)c3NC3CCOCC3)c2)c1. The van der Waals surface area contributed by atoms with Crippen LogP contribution in [0, 0.1) is 5.82 Å². The fraction of sp³-hybridized carbons (Fsp3) is 0.400. The maximum atomic E-state index is 13.7. The predicted molar refractivity (Wildman–Crippen MR) is 185 cm³/mol. The Kier molecular flexibility index (Phi) is 11.2. The molecule has 3 heterocycles. The number of anilines is 1. The number of pyridine rings is 1. The summed E-state index contributed by atoms with van der Waals surface area (Å²) in [5.74, 6) is -3.22. The predicted octanol–water partition coefficient (Wildman–Crippen LogP) is 3.75. The van der Waals surface area contributed by atoms with E-state index >= 15 is 0 Å². The lowest BCUT2D eigenvalue weighted by molar-refractivity contribution is -0.139. The van der Waals surface area contributed by atoms with Crippen molar-refractivity contribution >= 4 is 48.0 Å². The summed E-state index contributed by atoms with van der Waals surface area (Å²) in [4.78, 5) is 43.9. The molecule has 0 aliphatic carbocycles. The lowest BCUT2D eigenvalue weighted by atomic mass is 9.94. The summed E-state index contributed by atoms with van der Waals surface area (Å²) >= 11 is 0. The lowest BCUT2D eigenvalue weighted by Gasteiger charge is -2.26. The van der Waals surface area contributed by atoms with Crippen molar-refractivity contribution in [2.24, 2.45) is 0 Å². The normalized spacial score (nSPS) is 13.6. The molecule has 2 aromatic heterocycles. The molecule has 258 valence electrons. The van der Waals surface area contributed by atoms with Crippen LogP contribution in [0.15, 0.2) is 48.7 Å². The van der Waals surface area contributed by atoms with E-state index < -0.39 is 23.7 Å². The molecule has 0 radical (unpaired) electrons. The first kappa shape index (κ1) is 35.3. The number of hydrogen-bond acceptors (Lipinski definition) is 9. The van der Waals surface area contributed by atoms with Crippen molar-refractivity contribution in [3.05, 3.63) is 82.4 Å². The number of amides is 2. The van der Waals surface area contributed by atoms with Crippen LogP contribution in [0.25, 0.3) is 11.0 Å². The highest BCUT2D eigenvalue weighted by atomic mass is 19.1. The van der Waals surface area contributed by atoms with Crippen molar-refractivity contribution in [2.45, 2.75) is 78.4 Å². The van der Waals surface area contributed by atoms with Crippen LogP contribution >= 0.6 is 0 Å². The summed E-state index contributed by atoms with van der Waals surface area (Å²) < 4.78 is 31.9.